The van der Waals surface area contributed by atoms with E-state index in [1.807, 2.05) is 6.92 Å². The maximum absolute atomic E-state index is 11.4. The molecule has 0 unspecified atom stereocenters. The number of hydrogen-bond acceptors (Lipinski definition) is 5. The average molecular weight is 216 g/mol. The largest absolute Gasteiger partial charge is 0.468 e. The molecule has 0 radical (unpaired) electrons. The third-order valence-corrected chi connectivity index (χ3v) is 2.04. The predicted molar refractivity (Wildman–Crippen MR) is 52.1 cm³/mol. The lowest BCUT2D eigenvalue weighted by Crippen LogP contribution is -2.31. The lowest BCUT2D eigenvalue weighted by molar-refractivity contribution is -0.160. The molecule has 0 rings (SSSR count). The van der Waals surface area contributed by atoms with Gasteiger partial charge in [0.25, 0.3) is 5.78 Å². The summed E-state index contributed by atoms with van der Waals surface area (Å²) in [4.78, 5) is 33.6. The molecule has 5 nitrogen and oxygen atoms in total. The molecular formula is C10H16O5. The first-order chi connectivity index (χ1) is 7.08. The zero-order valence-corrected chi connectivity index (χ0v) is 9.24. The minimum Gasteiger partial charge on any atom is -0.468 e. The lowest BCUT2D eigenvalue weighted by atomic mass is 9.97. The van der Waals surface area contributed by atoms with Gasteiger partial charge in [0.05, 0.1) is 14.2 Å². The van der Waals surface area contributed by atoms with E-state index in [4.69, 9.17) is 0 Å². The summed E-state index contributed by atoms with van der Waals surface area (Å²) in [5, 5.41) is 0. The quantitative estimate of drug-likeness (QED) is 0.371. The second-order valence-corrected chi connectivity index (χ2v) is 3.07. The van der Waals surface area contributed by atoms with Gasteiger partial charge in [-0.15, -0.1) is 0 Å². The molecule has 0 amide bonds. The summed E-state index contributed by atoms with van der Waals surface area (Å²) in [6, 6.07) is 0. The normalized spacial score (nSPS) is 11.7. The molecule has 0 aliphatic carbocycles. The SMILES string of the molecule is CCCC[C@H](C(=O)OC)C(=O)C(=O)OC. The molecule has 0 bridgehead atoms. The van der Waals surface area contributed by atoms with Crippen LogP contribution in [-0.4, -0.2) is 31.9 Å². The van der Waals surface area contributed by atoms with Gasteiger partial charge < -0.3 is 9.47 Å². The van der Waals surface area contributed by atoms with Crippen LogP contribution in [0.15, 0.2) is 0 Å². The number of methoxy groups -OCH3 is 2. The Morgan fingerprint density at radius 1 is 1.13 bits per heavy atom. The Morgan fingerprint density at radius 3 is 2.13 bits per heavy atom. The van der Waals surface area contributed by atoms with Crippen molar-refractivity contribution in [2.75, 3.05) is 14.2 Å². The molecule has 0 aromatic heterocycles. The average Bonchev–Trinajstić information content (AvgIpc) is 2.27. The fraction of sp³-hybridized carbons (Fsp3) is 0.700. The van der Waals surface area contributed by atoms with Crippen molar-refractivity contribution in [2.45, 2.75) is 26.2 Å². The van der Waals surface area contributed by atoms with E-state index in [1.165, 1.54) is 7.11 Å². The Labute approximate surface area is 88.7 Å². The van der Waals surface area contributed by atoms with Gasteiger partial charge in [-0.3, -0.25) is 9.59 Å². The molecule has 5 heteroatoms. The summed E-state index contributed by atoms with van der Waals surface area (Å²) >= 11 is 0. The van der Waals surface area contributed by atoms with Crippen LogP contribution in [0.25, 0.3) is 0 Å². The van der Waals surface area contributed by atoms with Crippen LogP contribution in [0.4, 0.5) is 0 Å². The molecule has 86 valence electrons. The number of ketones is 1. The maximum atomic E-state index is 11.4. The third kappa shape index (κ3) is 4.10. The van der Waals surface area contributed by atoms with Crippen molar-refractivity contribution in [3.63, 3.8) is 0 Å². The molecule has 0 spiro atoms. The van der Waals surface area contributed by atoms with Crippen LogP contribution >= 0.6 is 0 Å². The standard InChI is InChI=1S/C10H16O5/c1-4-5-6-7(9(12)14-2)8(11)10(13)15-3/h7H,4-6H2,1-3H3/t7-/m0/s1. The van der Waals surface area contributed by atoms with Crippen LogP contribution in [0.1, 0.15) is 26.2 Å². The molecule has 0 saturated heterocycles. The summed E-state index contributed by atoms with van der Waals surface area (Å²) in [5.74, 6) is -3.54. The van der Waals surface area contributed by atoms with Crippen molar-refractivity contribution in [3.8, 4) is 0 Å². The van der Waals surface area contributed by atoms with Crippen molar-refractivity contribution in [1.82, 2.24) is 0 Å². The highest BCUT2D eigenvalue weighted by Gasteiger charge is 2.32. The molecule has 0 aliphatic rings. The zero-order valence-electron chi connectivity index (χ0n) is 9.24. The van der Waals surface area contributed by atoms with Crippen LogP contribution < -0.4 is 0 Å². The van der Waals surface area contributed by atoms with Crippen LogP contribution in [0.2, 0.25) is 0 Å². The topological polar surface area (TPSA) is 69.7 Å². The van der Waals surface area contributed by atoms with Crippen molar-refractivity contribution in [3.05, 3.63) is 0 Å². The van der Waals surface area contributed by atoms with E-state index in [-0.39, 0.29) is 0 Å². The molecule has 0 aromatic rings. The zero-order chi connectivity index (χ0) is 11.8. The molecule has 0 heterocycles. The third-order valence-electron chi connectivity index (χ3n) is 2.04. The lowest BCUT2D eigenvalue weighted by Gasteiger charge is -2.11. The number of ether oxygens (including phenoxy) is 2. The highest BCUT2D eigenvalue weighted by molar-refractivity contribution is 6.37. The fourth-order valence-corrected chi connectivity index (χ4v) is 1.15. The van der Waals surface area contributed by atoms with Crippen molar-refractivity contribution in [2.24, 2.45) is 5.92 Å². The molecule has 0 saturated carbocycles. The number of carbonyl (C=O) groups is 3. The van der Waals surface area contributed by atoms with E-state index in [1.54, 1.807) is 0 Å². The Balaban J connectivity index is 4.54. The second kappa shape index (κ2) is 6.98. The van der Waals surface area contributed by atoms with Gasteiger partial charge >= 0.3 is 11.9 Å². The van der Waals surface area contributed by atoms with Gasteiger partial charge in [0.2, 0.25) is 0 Å². The first kappa shape index (κ1) is 13.6. The van der Waals surface area contributed by atoms with Crippen LogP contribution in [0.3, 0.4) is 0 Å². The molecule has 0 aromatic carbocycles. The van der Waals surface area contributed by atoms with Gasteiger partial charge in [0.15, 0.2) is 0 Å². The van der Waals surface area contributed by atoms with Crippen molar-refractivity contribution < 1.29 is 23.9 Å². The highest BCUT2D eigenvalue weighted by Crippen LogP contribution is 2.12. The monoisotopic (exact) mass is 216 g/mol. The molecule has 15 heavy (non-hydrogen) atoms. The number of rotatable bonds is 6. The number of Topliss-reactive ketones (excluding diaryl/α,β-unsaturated/α-hetero) is 1. The summed E-state index contributed by atoms with van der Waals surface area (Å²) in [6.07, 6.45) is 1.83. The van der Waals surface area contributed by atoms with E-state index in [0.29, 0.717) is 12.8 Å². The first-order valence-electron chi connectivity index (χ1n) is 4.78. The van der Waals surface area contributed by atoms with Gasteiger partial charge in [-0.05, 0) is 6.42 Å². The number of esters is 2. The summed E-state index contributed by atoms with van der Waals surface area (Å²) in [5.41, 5.74) is 0. The van der Waals surface area contributed by atoms with E-state index in [0.717, 1.165) is 13.5 Å². The minimum absolute atomic E-state index is 0.317. The summed E-state index contributed by atoms with van der Waals surface area (Å²) < 4.78 is 8.73. The highest BCUT2D eigenvalue weighted by atomic mass is 16.5. The molecule has 0 fully saturated rings. The molecule has 0 aliphatic heterocycles. The Kier molecular flexibility index (Phi) is 6.33. The first-order valence-corrected chi connectivity index (χ1v) is 4.78. The van der Waals surface area contributed by atoms with Gasteiger partial charge in [-0.1, -0.05) is 19.8 Å². The van der Waals surface area contributed by atoms with E-state index in [9.17, 15) is 14.4 Å². The van der Waals surface area contributed by atoms with Gasteiger partial charge in [-0.2, -0.15) is 0 Å². The maximum Gasteiger partial charge on any atom is 0.375 e. The van der Waals surface area contributed by atoms with Gasteiger partial charge in [0.1, 0.15) is 5.92 Å². The minimum atomic E-state index is -1.03. The fourth-order valence-electron chi connectivity index (χ4n) is 1.15. The molecule has 0 N–H and O–H groups in total. The van der Waals surface area contributed by atoms with Crippen LogP contribution in [-0.2, 0) is 23.9 Å². The number of hydrogen-bond donors (Lipinski definition) is 0. The molecular weight excluding hydrogens is 200 g/mol. The van der Waals surface area contributed by atoms with Crippen molar-refractivity contribution in [1.29, 1.82) is 0 Å². The Hall–Kier alpha value is -1.39. The van der Waals surface area contributed by atoms with E-state index < -0.39 is 23.6 Å². The second-order valence-electron chi connectivity index (χ2n) is 3.07. The molecule has 1 atom stereocenters. The van der Waals surface area contributed by atoms with Crippen molar-refractivity contribution >= 4 is 17.7 Å². The Bertz CT molecular complexity index is 246. The Morgan fingerprint density at radius 2 is 1.73 bits per heavy atom. The van der Waals surface area contributed by atoms with Gasteiger partial charge in [0, 0.05) is 0 Å². The van der Waals surface area contributed by atoms with E-state index in [2.05, 4.69) is 9.47 Å². The van der Waals surface area contributed by atoms with Crippen LogP contribution in [0.5, 0.6) is 0 Å². The smallest absolute Gasteiger partial charge is 0.375 e. The van der Waals surface area contributed by atoms with Crippen LogP contribution in [0, 0.1) is 5.92 Å². The summed E-state index contributed by atoms with van der Waals surface area (Å²) in [6.45, 7) is 1.93. The van der Waals surface area contributed by atoms with Gasteiger partial charge in [-0.25, -0.2) is 4.79 Å². The van der Waals surface area contributed by atoms with E-state index >= 15 is 0 Å². The summed E-state index contributed by atoms with van der Waals surface area (Å²) in [7, 11) is 2.29. The number of carbonyl (C=O) groups excluding carboxylic acids is 3. The number of unbranched alkanes of at least 4 members (excludes halogenated alkanes) is 1. The predicted octanol–water partition coefficient (Wildman–Crippen LogP) is 0.708.